The normalized spacial score (nSPS) is 27.2. The van der Waals surface area contributed by atoms with Crippen LogP contribution in [0.3, 0.4) is 0 Å². The van der Waals surface area contributed by atoms with Crippen molar-refractivity contribution in [2.75, 3.05) is 0 Å². The molecule has 0 bridgehead atoms. The average Bonchev–Trinajstić information content (AvgIpc) is 2.09. The SMILES string of the molecule is CC(C)CCCC(C)NC1CC(C(C)C)C1. The Hall–Kier alpha value is -0.0400. The second-order valence-electron chi connectivity index (χ2n) is 6.56. The minimum Gasteiger partial charge on any atom is -0.311 e. The summed E-state index contributed by atoms with van der Waals surface area (Å²) in [5.41, 5.74) is 0. The zero-order valence-corrected chi connectivity index (χ0v) is 11.9. The summed E-state index contributed by atoms with van der Waals surface area (Å²) in [7, 11) is 0. The molecule has 96 valence electrons. The van der Waals surface area contributed by atoms with E-state index in [1.54, 1.807) is 0 Å². The molecule has 1 fully saturated rings. The van der Waals surface area contributed by atoms with Gasteiger partial charge in [0.2, 0.25) is 0 Å². The van der Waals surface area contributed by atoms with Gasteiger partial charge in [-0.1, -0.05) is 40.5 Å². The largest absolute Gasteiger partial charge is 0.311 e. The summed E-state index contributed by atoms with van der Waals surface area (Å²) in [4.78, 5) is 0. The summed E-state index contributed by atoms with van der Waals surface area (Å²) in [5.74, 6) is 2.73. The number of hydrogen-bond donors (Lipinski definition) is 1. The molecule has 1 atom stereocenters. The minimum atomic E-state index is 0.719. The second kappa shape index (κ2) is 6.64. The zero-order chi connectivity index (χ0) is 12.1. The quantitative estimate of drug-likeness (QED) is 0.684. The molecule has 0 aromatic heterocycles. The van der Waals surface area contributed by atoms with Crippen molar-refractivity contribution in [1.29, 1.82) is 0 Å². The maximum absolute atomic E-state index is 3.77. The molecule has 1 aliphatic rings. The van der Waals surface area contributed by atoms with Gasteiger partial charge in [0, 0.05) is 12.1 Å². The van der Waals surface area contributed by atoms with Gasteiger partial charge < -0.3 is 5.32 Å². The van der Waals surface area contributed by atoms with Gasteiger partial charge in [-0.25, -0.2) is 0 Å². The third-order valence-electron chi connectivity index (χ3n) is 4.06. The van der Waals surface area contributed by atoms with Crippen molar-refractivity contribution in [2.24, 2.45) is 17.8 Å². The standard InChI is InChI=1S/C15H31N/c1-11(2)7-6-8-13(5)16-15-9-14(10-15)12(3)4/h11-16H,6-10H2,1-5H3. The second-order valence-corrected chi connectivity index (χ2v) is 6.56. The van der Waals surface area contributed by atoms with Crippen LogP contribution in [0.1, 0.15) is 66.7 Å². The number of hydrogen-bond acceptors (Lipinski definition) is 1. The fraction of sp³-hybridized carbons (Fsp3) is 1.00. The Morgan fingerprint density at radius 1 is 1.00 bits per heavy atom. The molecule has 1 aliphatic carbocycles. The van der Waals surface area contributed by atoms with Gasteiger partial charge in [0.05, 0.1) is 0 Å². The van der Waals surface area contributed by atoms with Gasteiger partial charge in [-0.3, -0.25) is 0 Å². The van der Waals surface area contributed by atoms with E-state index in [1.165, 1.54) is 32.1 Å². The molecule has 1 N–H and O–H groups in total. The Morgan fingerprint density at radius 2 is 1.62 bits per heavy atom. The highest BCUT2D eigenvalue weighted by molar-refractivity contribution is 4.87. The molecule has 1 unspecified atom stereocenters. The summed E-state index contributed by atoms with van der Waals surface area (Å²) < 4.78 is 0. The highest BCUT2D eigenvalue weighted by atomic mass is 15.0. The molecule has 16 heavy (non-hydrogen) atoms. The monoisotopic (exact) mass is 225 g/mol. The van der Waals surface area contributed by atoms with E-state index < -0.39 is 0 Å². The van der Waals surface area contributed by atoms with E-state index in [2.05, 4.69) is 39.9 Å². The molecule has 1 nitrogen and oxygen atoms in total. The first-order valence-corrected chi connectivity index (χ1v) is 7.25. The Balaban J connectivity index is 2.01. The van der Waals surface area contributed by atoms with Crippen molar-refractivity contribution in [3.8, 4) is 0 Å². The van der Waals surface area contributed by atoms with Crippen LogP contribution in [0, 0.1) is 17.8 Å². The lowest BCUT2D eigenvalue weighted by molar-refractivity contribution is 0.157. The average molecular weight is 225 g/mol. The minimum absolute atomic E-state index is 0.719. The highest BCUT2D eigenvalue weighted by Crippen LogP contribution is 2.33. The lowest BCUT2D eigenvalue weighted by Gasteiger charge is -2.40. The Morgan fingerprint density at radius 3 is 2.12 bits per heavy atom. The van der Waals surface area contributed by atoms with E-state index in [0.717, 1.165) is 29.8 Å². The van der Waals surface area contributed by atoms with Crippen molar-refractivity contribution >= 4 is 0 Å². The molecule has 0 spiro atoms. The number of nitrogens with one attached hydrogen (secondary N) is 1. The maximum atomic E-state index is 3.77. The molecule has 0 heterocycles. The molecule has 1 saturated carbocycles. The summed E-state index contributed by atoms with van der Waals surface area (Å²) >= 11 is 0. The summed E-state index contributed by atoms with van der Waals surface area (Å²) in [5, 5.41) is 3.77. The van der Waals surface area contributed by atoms with E-state index in [1.807, 2.05) is 0 Å². The van der Waals surface area contributed by atoms with Crippen LogP contribution in [0.2, 0.25) is 0 Å². The van der Waals surface area contributed by atoms with Crippen LogP contribution in [0.5, 0.6) is 0 Å². The predicted octanol–water partition coefficient (Wildman–Crippen LogP) is 4.23. The lowest BCUT2D eigenvalue weighted by atomic mass is 9.73. The third-order valence-corrected chi connectivity index (χ3v) is 4.06. The number of rotatable bonds is 7. The van der Waals surface area contributed by atoms with Gasteiger partial charge in [0.1, 0.15) is 0 Å². The molecule has 1 heteroatoms. The van der Waals surface area contributed by atoms with Crippen LogP contribution in [0.25, 0.3) is 0 Å². The van der Waals surface area contributed by atoms with Crippen LogP contribution < -0.4 is 5.32 Å². The van der Waals surface area contributed by atoms with Gasteiger partial charge in [-0.15, -0.1) is 0 Å². The molecule has 0 aliphatic heterocycles. The first-order chi connectivity index (χ1) is 7.49. The van der Waals surface area contributed by atoms with E-state index >= 15 is 0 Å². The van der Waals surface area contributed by atoms with Crippen molar-refractivity contribution < 1.29 is 0 Å². The fourth-order valence-electron chi connectivity index (χ4n) is 2.66. The molecule has 0 radical (unpaired) electrons. The molecule has 0 amide bonds. The van der Waals surface area contributed by atoms with Crippen LogP contribution >= 0.6 is 0 Å². The highest BCUT2D eigenvalue weighted by Gasteiger charge is 2.31. The van der Waals surface area contributed by atoms with Crippen molar-refractivity contribution in [1.82, 2.24) is 5.32 Å². The van der Waals surface area contributed by atoms with Gasteiger partial charge >= 0.3 is 0 Å². The van der Waals surface area contributed by atoms with Crippen molar-refractivity contribution in [3.63, 3.8) is 0 Å². The van der Waals surface area contributed by atoms with E-state index in [-0.39, 0.29) is 0 Å². The summed E-state index contributed by atoms with van der Waals surface area (Å²) in [6, 6.07) is 1.54. The first kappa shape index (κ1) is 14.0. The third kappa shape index (κ3) is 4.86. The molecular weight excluding hydrogens is 194 g/mol. The molecule has 0 aromatic carbocycles. The van der Waals surface area contributed by atoms with Crippen molar-refractivity contribution in [3.05, 3.63) is 0 Å². The molecule has 1 rings (SSSR count). The summed E-state index contributed by atoms with van der Waals surface area (Å²) in [6.07, 6.45) is 6.93. The molecule has 0 saturated heterocycles. The van der Waals surface area contributed by atoms with Gasteiger partial charge in [0.15, 0.2) is 0 Å². The smallest absolute Gasteiger partial charge is 0.00750 e. The van der Waals surface area contributed by atoms with Crippen LogP contribution in [-0.2, 0) is 0 Å². The van der Waals surface area contributed by atoms with E-state index in [9.17, 15) is 0 Å². The summed E-state index contributed by atoms with van der Waals surface area (Å²) in [6.45, 7) is 11.7. The molecular formula is C15H31N. The van der Waals surface area contributed by atoms with E-state index in [4.69, 9.17) is 0 Å². The topological polar surface area (TPSA) is 12.0 Å². The Kier molecular flexibility index (Phi) is 5.82. The Bertz CT molecular complexity index is 180. The van der Waals surface area contributed by atoms with Crippen LogP contribution in [0.15, 0.2) is 0 Å². The lowest BCUT2D eigenvalue weighted by Crippen LogP contribution is -2.46. The Labute approximate surface area is 102 Å². The van der Waals surface area contributed by atoms with Gasteiger partial charge in [-0.05, 0) is 43.9 Å². The molecule has 0 aromatic rings. The van der Waals surface area contributed by atoms with Gasteiger partial charge in [0.25, 0.3) is 0 Å². The fourth-order valence-corrected chi connectivity index (χ4v) is 2.66. The van der Waals surface area contributed by atoms with E-state index in [0.29, 0.717) is 0 Å². The predicted molar refractivity (Wildman–Crippen MR) is 72.6 cm³/mol. The maximum Gasteiger partial charge on any atom is 0.00750 e. The van der Waals surface area contributed by atoms with Crippen molar-refractivity contribution in [2.45, 2.75) is 78.8 Å². The van der Waals surface area contributed by atoms with Crippen LogP contribution in [0.4, 0.5) is 0 Å². The van der Waals surface area contributed by atoms with Gasteiger partial charge in [-0.2, -0.15) is 0 Å². The first-order valence-electron chi connectivity index (χ1n) is 7.25. The van der Waals surface area contributed by atoms with Crippen LogP contribution in [-0.4, -0.2) is 12.1 Å². The zero-order valence-electron chi connectivity index (χ0n) is 11.9.